The molecule has 0 aliphatic carbocycles. The normalized spacial score (nSPS) is 14.6. The van der Waals surface area contributed by atoms with Gasteiger partial charge in [-0.1, -0.05) is 32.9 Å². The molecule has 0 unspecified atom stereocenters. The zero-order chi connectivity index (χ0) is 10.3. The van der Waals surface area contributed by atoms with Gasteiger partial charge in [0.1, 0.15) is 0 Å². The number of aliphatic imine (C=N–C) groups is 1. The van der Waals surface area contributed by atoms with Crippen LogP contribution >= 0.6 is 0 Å². The molecule has 0 aromatic rings. The maximum atomic E-state index is 4.55. The summed E-state index contributed by atoms with van der Waals surface area (Å²) in [4.78, 5) is 4.55. The monoisotopic (exact) mass is 179 g/mol. The smallest absolute Gasteiger partial charge is 0.0392 e. The minimum atomic E-state index is 0.514. The van der Waals surface area contributed by atoms with Gasteiger partial charge in [-0.15, -0.1) is 0 Å². The largest absolute Gasteiger partial charge is 0.258 e. The van der Waals surface area contributed by atoms with Gasteiger partial charge < -0.3 is 0 Å². The minimum absolute atomic E-state index is 0.514. The van der Waals surface area contributed by atoms with Gasteiger partial charge in [-0.3, -0.25) is 4.99 Å². The molecule has 0 aliphatic rings. The Morgan fingerprint density at radius 2 is 2.00 bits per heavy atom. The van der Waals surface area contributed by atoms with Crippen LogP contribution in [0.4, 0.5) is 0 Å². The molecule has 74 valence electrons. The number of rotatable bonds is 4. The van der Waals surface area contributed by atoms with Gasteiger partial charge in [-0.05, 0) is 32.3 Å². The second kappa shape index (κ2) is 6.64. The van der Waals surface area contributed by atoms with E-state index < -0.39 is 0 Å². The third-order valence-corrected chi connectivity index (χ3v) is 1.72. The van der Waals surface area contributed by atoms with Crippen molar-refractivity contribution in [1.82, 2.24) is 0 Å². The summed E-state index contributed by atoms with van der Waals surface area (Å²) in [5.74, 6) is 0.514. The maximum Gasteiger partial charge on any atom is 0.0392 e. The van der Waals surface area contributed by atoms with Gasteiger partial charge in [0.2, 0.25) is 0 Å². The van der Waals surface area contributed by atoms with Crippen LogP contribution in [0.3, 0.4) is 0 Å². The average Bonchev–Trinajstić information content (AvgIpc) is 2.04. The predicted molar refractivity (Wildman–Crippen MR) is 61.1 cm³/mol. The highest BCUT2D eigenvalue weighted by atomic mass is 14.8. The lowest BCUT2D eigenvalue weighted by Crippen LogP contribution is -1.94. The van der Waals surface area contributed by atoms with Gasteiger partial charge in [0.05, 0.1) is 0 Å². The molecule has 0 rings (SSSR count). The van der Waals surface area contributed by atoms with Gasteiger partial charge in [-0.25, -0.2) is 0 Å². The number of hydrogen-bond donors (Lipinski definition) is 0. The fourth-order valence-electron chi connectivity index (χ4n) is 1.10. The minimum Gasteiger partial charge on any atom is -0.258 e. The first-order valence-electron chi connectivity index (χ1n) is 4.99. The molecule has 0 radical (unpaired) electrons. The SMILES string of the molecule is C\C=C/C(C)=N/C(=C/CC)C(C)C. The van der Waals surface area contributed by atoms with Crippen LogP contribution in [0.15, 0.2) is 28.9 Å². The molecule has 0 atom stereocenters. The van der Waals surface area contributed by atoms with E-state index in [2.05, 4.69) is 31.8 Å². The van der Waals surface area contributed by atoms with Crippen molar-refractivity contribution < 1.29 is 0 Å². The number of nitrogens with zero attached hydrogens (tertiary/aromatic N) is 1. The van der Waals surface area contributed by atoms with Crippen molar-refractivity contribution in [2.24, 2.45) is 10.9 Å². The van der Waals surface area contributed by atoms with Crippen LogP contribution in [0.1, 0.15) is 41.0 Å². The van der Waals surface area contributed by atoms with E-state index >= 15 is 0 Å². The van der Waals surface area contributed by atoms with E-state index in [1.54, 1.807) is 0 Å². The van der Waals surface area contributed by atoms with E-state index in [9.17, 15) is 0 Å². The van der Waals surface area contributed by atoms with Crippen molar-refractivity contribution >= 4 is 5.71 Å². The molecule has 1 heteroatoms. The van der Waals surface area contributed by atoms with Crippen molar-refractivity contribution in [2.75, 3.05) is 0 Å². The molecule has 0 aromatic heterocycles. The highest BCUT2D eigenvalue weighted by Gasteiger charge is 1.99. The van der Waals surface area contributed by atoms with E-state index in [-0.39, 0.29) is 0 Å². The highest BCUT2D eigenvalue weighted by molar-refractivity contribution is 5.93. The Labute approximate surface area is 82.3 Å². The summed E-state index contributed by atoms with van der Waals surface area (Å²) in [5, 5.41) is 0. The Morgan fingerprint density at radius 3 is 2.38 bits per heavy atom. The molecule has 0 N–H and O–H groups in total. The summed E-state index contributed by atoms with van der Waals surface area (Å²) >= 11 is 0. The Hall–Kier alpha value is -0.850. The molecule has 0 heterocycles. The fraction of sp³-hybridized carbons (Fsp3) is 0.583. The topological polar surface area (TPSA) is 12.4 Å². The van der Waals surface area contributed by atoms with Crippen molar-refractivity contribution in [3.05, 3.63) is 23.9 Å². The van der Waals surface area contributed by atoms with Crippen molar-refractivity contribution in [1.29, 1.82) is 0 Å². The van der Waals surface area contributed by atoms with Gasteiger partial charge >= 0.3 is 0 Å². The highest BCUT2D eigenvalue weighted by Crippen LogP contribution is 2.12. The molecule has 0 spiro atoms. The number of hydrogen-bond acceptors (Lipinski definition) is 1. The average molecular weight is 179 g/mol. The Kier molecular flexibility index (Phi) is 6.21. The summed E-state index contributed by atoms with van der Waals surface area (Å²) < 4.78 is 0. The molecule has 1 nitrogen and oxygen atoms in total. The molecule has 0 aromatic carbocycles. The maximum absolute atomic E-state index is 4.55. The molecular formula is C12H21N. The van der Waals surface area contributed by atoms with Crippen molar-refractivity contribution in [2.45, 2.75) is 41.0 Å². The van der Waals surface area contributed by atoms with Gasteiger partial charge in [0.25, 0.3) is 0 Å². The van der Waals surface area contributed by atoms with Gasteiger partial charge in [0, 0.05) is 11.4 Å². The van der Waals surface area contributed by atoms with E-state index in [4.69, 9.17) is 0 Å². The van der Waals surface area contributed by atoms with Crippen LogP contribution < -0.4 is 0 Å². The van der Waals surface area contributed by atoms with Crippen LogP contribution in [-0.2, 0) is 0 Å². The first-order valence-corrected chi connectivity index (χ1v) is 4.99. The lowest BCUT2D eigenvalue weighted by atomic mass is 10.1. The number of allylic oxidation sites excluding steroid dienone is 4. The van der Waals surface area contributed by atoms with Crippen LogP contribution in [-0.4, -0.2) is 5.71 Å². The van der Waals surface area contributed by atoms with Gasteiger partial charge in [-0.2, -0.15) is 0 Å². The summed E-state index contributed by atoms with van der Waals surface area (Å²) in [7, 11) is 0. The summed E-state index contributed by atoms with van der Waals surface area (Å²) in [6.07, 6.45) is 7.30. The third-order valence-electron chi connectivity index (χ3n) is 1.72. The quantitative estimate of drug-likeness (QED) is 0.579. The van der Waals surface area contributed by atoms with Crippen LogP contribution in [0.5, 0.6) is 0 Å². The summed E-state index contributed by atoms with van der Waals surface area (Å²) in [5.41, 5.74) is 2.27. The second-order valence-corrected chi connectivity index (χ2v) is 3.45. The molecule has 0 amide bonds. The van der Waals surface area contributed by atoms with E-state index in [1.807, 2.05) is 26.0 Å². The molecule has 0 saturated carbocycles. The molecule has 0 fully saturated rings. The molecule has 13 heavy (non-hydrogen) atoms. The Morgan fingerprint density at radius 1 is 1.38 bits per heavy atom. The van der Waals surface area contributed by atoms with Crippen LogP contribution in [0.2, 0.25) is 0 Å². The standard InChI is InChI=1S/C12H21N/c1-6-8-11(5)13-12(9-7-2)10(3)4/h6,8-10H,7H2,1-5H3/b8-6-,12-9+,13-11+. The first kappa shape index (κ1) is 12.2. The molecule has 0 bridgehead atoms. The Bertz CT molecular complexity index is 219. The van der Waals surface area contributed by atoms with Crippen LogP contribution in [0, 0.1) is 5.92 Å². The first-order chi connectivity index (χ1) is 6.11. The molecular weight excluding hydrogens is 158 g/mol. The lowest BCUT2D eigenvalue weighted by Gasteiger charge is -2.06. The third kappa shape index (κ3) is 5.40. The lowest BCUT2D eigenvalue weighted by molar-refractivity contribution is 0.751. The zero-order valence-electron chi connectivity index (χ0n) is 9.46. The Balaban J connectivity index is 4.59. The van der Waals surface area contributed by atoms with Crippen molar-refractivity contribution in [3.8, 4) is 0 Å². The van der Waals surface area contributed by atoms with Crippen molar-refractivity contribution in [3.63, 3.8) is 0 Å². The fourth-order valence-corrected chi connectivity index (χ4v) is 1.10. The summed E-state index contributed by atoms with van der Waals surface area (Å²) in [6.45, 7) is 10.5. The second-order valence-electron chi connectivity index (χ2n) is 3.45. The molecule has 0 aliphatic heterocycles. The van der Waals surface area contributed by atoms with E-state index in [0.29, 0.717) is 5.92 Å². The van der Waals surface area contributed by atoms with Gasteiger partial charge in [0.15, 0.2) is 0 Å². The predicted octanol–water partition coefficient (Wildman–Crippen LogP) is 3.97. The zero-order valence-corrected chi connectivity index (χ0v) is 9.46. The molecule has 0 saturated heterocycles. The van der Waals surface area contributed by atoms with E-state index in [1.165, 1.54) is 5.70 Å². The van der Waals surface area contributed by atoms with Crippen LogP contribution in [0.25, 0.3) is 0 Å². The summed E-state index contributed by atoms with van der Waals surface area (Å²) in [6, 6.07) is 0. The van der Waals surface area contributed by atoms with E-state index in [0.717, 1.165) is 12.1 Å².